The molecule has 1 aliphatic carbocycles. The zero-order valence-corrected chi connectivity index (χ0v) is 17.6. The van der Waals surface area contributed by atoms with Gasteiger partial charge in [-0.1, -0.05) is 54.6 Å². The second-order valence-corrected chi connectivity index (χ2v) is 8.45. The molecule has 28 heavy (non-hydrogen) atoms. The van der Waals surface area contributed by atoms with Crippen LogP contribution in [0.25, 0.3) is 11.3 Å². The fourth-order valence-electron chi connectivity index (χ4n) is 3.30. The van der Waals surface area contributed by atoms with E-state index in [1.807, 2.05) is 35.0 Å². The lowest BCUT2D eigenvalue weighted by atomic mass is 9.96. The van der Waals surface area contributed by atoms with Gasteiger partial charge < -0.3 is 0 Å². The fourth-order valence-corrected chi connectivity index (χ4v) is 4.50. The van der Waals surface area contributed by atoms with Gasteiger partial charge in [0.2, 0.25) is 4.80 Å². The lowest BCUT2D eigenvalue weighted by Crippen LogP contribution is -2.19. The molecule has 0 bridgehead atoms. The quantitative estimate of drug-likeness (QED) is 0.465. The van der Waals surface area contributed by atoms with Crippen LogP contribution in [0.15, 0.2) is 58.2 Å². The summed E-state index contributed by atoms with van der Waals surface area (Å²) >= 11 is 13.9. The molecule has 1 aliphatic rings. The number of rotatable bonds is 4. The summed E-state index contributed by atoms with van der Waals surface area (Å²) < 4.78 is 1.89. The van der Waals surface area contributed by atoms with Crippen molar-refractivity contribution in [1.82, 2.24) is 9.66 Å². The second kappa shape index (κ2) is 9.03. The van der Waals surface area contributed by atoms with Crippen molar-refractivity contribution in [2.75, 3.05) is 0 Å². The molecule has 0 atom stereocenters. The van der Waals surface area contributed by atoms with Crippen molar-refractivity contribution in [1.29, 1.82) is 0 Å². The van der Waals surface area contributed by atoms with Crippen LogP contribution in [-0.2, 0) is 0 Å². The van der Waals surface area contributed by atoms with Gasteiger partial charge in [-0.2, -0.15) is 5.10 Å². The lowest BCUT2D eigenvalue weighted by Gasteiger charge is -2.16. The van der Waals surface area contributed by atoms with Crippen LogP contribution in [0, 0.1) is 0 Å². The van der Waals surface area contributed by atoms with Crippen LogP contribution in [0.4, 0.5) is 0 Å². The van der Waals surface area contributed by atoms with E-state index in [4.69, 9.17) is 33.3 Å². The van der Waals surface area contributed by atoms with Gasteiger partial charge in [-0.25, -0.2) is 4.68 Å². The van der Waals surface area contributed by atoms with Crippen LogP contribution >= 0.6 is 34.5 Å². The van der Waals surface area contributed by atoms with E-state index >= 15 is 0 Å². The molecule has 0 unspecified atom stereocenters. The van der Waals surface area contributed by atoms with E-state index in [-0.39, 0.29) is 0 Å². The highest BCUT2D eigenvalue weighted by Gasteiger charge is 2.14. The molecule has 0 amide bonds. The minimum Gasteiger partial charge on any atom is -0.264 e. The average molecular weight is 431 g/mol. The summed E-state index contributed by atoms with van der Waals surface area (Å²) in [4.78, 5) is 10.1. The van der Waals surface area contributed by atoms with E-state index in [1.165, 1.54) is 19.3 Å². The van der Waals surface area contributed by atoms with E-state index < -0.39 is 0 Å². The highest BCUT2D eigenvalue weighted by Crippen LogP contribution is 2.29. The Bertz CT molecular complexity index is 1030. The third-order valence-electron chi connectivity index (χ3n) is 4.78. The third kappa shape index (κ3) is 4.54. The van der Waals surface area contributed by atoms with E-state index in [0.29, 0.717) is 16.1 Å². The van der Waals surface area contributed by atoms with Gasteiger partial charge in [0.25, 0.3) is 0 Å². The number of hydrogen-bond acceptors (Lipinski definition) is 4. The highest BCUT2D eigenvalue weighted by atomic mass is 35.5. The summed E-state index contributed by atoms with van der Waals surface area (Å²) in [7, 11) is 0. The van der Waals surface area contributed by atoms with E-state index in [0.717, 1.165) is 34.5 Å². The number of halogens is 2. The second-order valence-electron chi connectivity index (χ2n) is 6.80. The van der Waals surface area contributed by atoms with Gasteiger partial charge >= 0.3 is 0 Å². The standard InChI is InChI=1S/C21H20Cl2N4S/c22-18-9-8-16(11-19(18)23)20-14-28-21(26-17-6-2-1-3-7-17)27(20)25-13-15-5-4-10-24-12-15/h4-5,8-14,17H,1-3,6-7H2. The number of benzene rings is 1. The van der Waals surface area contributed by atoms with Gasteiger partial charge in [-0.3, -0.25) is 9.98 Å². The Morgan fingerprint density at radius 2 is 1.96 bits per heavy atom. The molecule has 1 fully saturated rings. The molecule has 1 saturated carbocycles. The topological polar surface area (TPSA) is 42.5 Å². The van der Waals surface area contributed by atoms with Crippen molar-refractivity contribution in [2.45, 2.75) is 38.1 Å². The third-order valence-corrected chi connectivity index (χ3v) is 6.34. The average Bonchev–Trinajstić information content (AvgIpc) is 3.12. The molecule has 0 aliphatic heterocycles. The smallest absolute Gasteiger partial charge is 0.206 e. The van der Waals surface area contributed by atoms with Crippen LogP contribution < -0.4 is 4.80 Å². The monoisotopic (exact) mass is 430 g/mol. The van der Waals surface area contributed by atoms with Crippen molar-refractivity contribution < 1.29 is 0 Å². The molecule has 2 aromatic heterocycles. The number of aromatic nitrogens is 2. The maximum atomic E-state index is 6.24. The van der Waals surface area contributed by atoms with Gasteiger partial charge in [-0.05, 0) is 31.0 Å². The summed E-state index contributed by atoms with van der Waals surface area (Å²) in [6.45, 7) is 0. The first-order chi connectivity index (χ1) is 13.7. The largest absolute Gasteiger partial charge is 0.264 e. The summed E-state index contributed by atoms with van der Waals surface area (Å²) in [5.41, 5.74) is 2.84. The number of thiazole rings is 1. The predicted molar refractivity (Wildman–Crippen MR) is 117 cm³/mol. The molecular formula is C21H20Cl2N4S. The first-order valence-electron chi connectivity index (χ1n) is 9.35. The van der Waals surface area contributed by atoms with Crippen molar-refractivity contribution in [3.8, 4) is 11.3 Å². The van der Waals surface area contributed by atoms with E-state index in [2.05, 4.69) is 10.4 Å². The minimum atomic E-state index is 0.369. The predicted octanol–water partition coefficient (Wildman–Crippen LogP) is 6.03. The molecule has 1 aromatic carbocycles. The maximum Gasteiger partial charge on any atom is 0.206 e. The zero-order valence-electron chi connectivity index (χ0n) is 15.3. The molecule has 0 radical (unpaired) electrons. The number of nitrogens with zero attached hydrogens (tertiary/aromatic N) is 4. The van der Waals surface area contributed by atoms with E-state index in [9.17, 15) is 0 Å². The van der Waals surface area contributed by atoms with E-state index in [1.54, 1.807) is 29.9 Å². The molecule has 4 nitrogen and oxygen atoms in total. The van der Waals surface area contributed by atoms with Gasteiger partial charge in [0.05, 0.1) is 28.0 Å². The molecule has 2 heterocycles. The normalized spacial score (nSPS) is 16.1. The first-order valence-corrected chi connectivity index (χ1v) is 11.0. The molecular weight excluding hydrogens is 411 g/mol. The molecule has 0 saturated heterocycles. The Hall–Kier alpha value is -1.95. The van der Waals surface area contributed by atoms with Crippen molar-refractivity contribution in [3.05, 3.63) is 68.5 Å². The molecule has 144 valence electrons. The van der Waals surface area contributed by atoms with Crippen LogP contribution in [-0.4, -0.2) is 21.9 Å². The van der Waals surface area contributed by atoms with Gasteiger partial charge in [0.1, 0.15) is 0 Å². The van der Waals surface area contributed by atoms with Crippen LogP contribution in [0.3, 0.4) is 0 Å². The number of pyridine rings is 1. The SMILES string of the molecule is Clc1ccc(-c2csc(=NC3CCCCC3)n2N=Cc2cccnc2)cc1Cl. The molecule has 0 spiro atoms. The molecule has 4 rings (SSSR count). The lowest BCUT2D eigenvalue weighted by molar-refractivity contribution is 0.435. The zero-order chi connectivity index (χ0) is 19.3. The van der Waals surface area contributed by atoms with Crippen molar-refractivity contribution in [2.24, 2.45) is 10.1 Å². The number of hydrogen-bond donors (Lipinski definition) is 0. The highest BCUT2D eigenvalue weighted by molar-refractivity contribution is 7.07. The summed E-state index contributed by atoms with van der Waals surface area (Å²) in [5.74, 6) is 0. The van der Waals surface area contributed by atoms with Crippen LogP contribution in [0.2, 0.25) is 10.0 Å². The minimum absolute atomic E-state index is 0.369. The molecule has 3 aromatic rings. The van der Waals surface area contributed by atoms with Crippen molar-refractivity contribution >= 4 is 40.8 Å². The first kappa shape index (κ1) is 19.4. The van der Waals surface area contributed by atoms with Crippen LogP contribution in [0.1, 0.15) is 37.7 Å². The Balaban J connectivity index is 1.78. The Kier molecular flexibility index (Phi) is 6.25. The summed E-state index contributed by atoms with van der Waals surface area (Å²) in [6, 6.07) is 9.87. The van der Waals surface area contributed by atoms with Gasteiger partial charge in [0.15, 0.2) is 0 Å². The summed E-state index contributed by atoms with van der Waals surface area (Å²) in [5, 5.41) is 7.86. The molecule has 7 heteroatoms. The molecule has 0 N–H and O–H groups in total. The Morgan fingerprint density at radius 3 is 2.71 bits per heavy atom. The van der Waals surface area contributed by atoms with Crippen molar-refractivity contribution in [3.63, 3.8) is 0 Å². The Morgan fingerprint density at radius 1 is 1.11 bits per heavy atom. The van der Waals surface area contributed by atoms with Gasteiger partial charge in [-0.15, -0.1) is 11.3 Å². The van der Waals surface area contributed by atoms with Gasteiger partial charge in [0, 0.05) is 28.9 Å². The fraction of sp³-hybridized carbons (Fsp3) is 0.286. The summed E-state index contributed by atoms with van der Waals surface area (Å²) in [6.07, 6.45) is 11.4. The Labute approximate surface area is 178 Å². The maximum absolute atomic E-state index is 6.24. The van der Waals surface area contributed by atoms with Crippen LogP contribution in [0.5, 0.6) is 0 Å².